The average Bonchev–Trinajstić information content (AvgIpc) is 2.16. The van der Waals surface area contributed by atoms with Gasteiger partial charge in [-0.25, -0.2) is 0 Å². The van der Waals surface area contributed by atoms with E-state index in [0.717, 1.165) is 5.56 Å². The van der Waals surface area contributed by atoms with Crippen molar-refractivity contribution < 1.29 is 0 Å². The molecular formula is C11H14N2. The number of nitrogens with two attached hydrogens (primary N) is 1. The molecule has 0 amide bonds. The van der Waals surface area contributed by atoms with Crippen molar-refractivity contribution in [1.82, 2.24) is 0 Å². The Morgan fingerprint density at radius 3 is 2.46 bits per heavy atom. The molecule has 2 nitrogen and oxygen atoms in total. The third kappa shape index (κ3) is 2.07. The van der Waals surface area contributed by atoms with Crippen LogP contribution in [0.15, 0.2) is 24.3 Å². The van der Waals surface area contributed by atoms with E-state index in [1.165, 1.54) is 0 Å². The number of hydrogen-bond donors (Lipinski definition) is 1. The summed E-state index contributed by atoms with van der Waals surface area (Å²) in [6, 6.07) is 9.60. The van der Waals surface area contributed by atoms with E-state index < -0.39 is 0 Å². The van der Waals surface area contributed by atoms with Gasteiger partial charge in [0, 0.05) is 6.04 Å². The maximum Gasteiger partial charge on any atom is 0.0995 e. The Bertz CT molecular complexity index is 323. The molecule has 0 aliphatic carbocycles. The van der Waals surface area contributed by atoms with Crippen molar-refractivity contribution in [1.29, 1.82) is 5.26 Å². The molecule has 2 heteroatoms. The van der Waals surface area contributed by atoms with Crippen molar-refractivity contribution in [3.8, 4) is 6.07 Å². The third-order valence-corrected chi connectivity index (χ3v) is 2.16. The zero-order valence-corrected chi connectivity index (χ0v) is 7.99. The Labute approximate surface area is 79.0 Å². The lowest BCUT2D eigenvalue weighted by Gasteiger charge is -2.16. The first kappa shape index (κ1) is 9.76. The molecule has 0 aliphatic rings. The van der Waals surface area contributed by atoms with Gasteiger partial charge in [0.1, 0.15) is 0 Å². The summed E-state index contributed by atoms with van der Waals surface area (Å²) in [5, 5.41) is 8.84. The van der Waals surface area contributed by atoms with Crippen LogP contribution in [0.4, 0.5) is 0 Å². The molecule has 1 aromatic rings. The lowest BCUT2D eigenvalue weighted by atomic mass is 9.93. The zero-order valence-electron chi connectivity index (χ0n) is 7.99. The first-order valence-corrected chi connectivity index (χ1v) is 4.41. The summed E-state index contributed by atoms with van der Waals surface area (Å²) in [7, 11) is 0. The van der Waals surface area contributed by atoms with Gasteiger partial charge in [0.15, 0.2) is 0 Å². The Morgan fingerprint density at radius 2 is 1.92 bits per heavy atom. The predicted octanol–water partition coefficient (Wildman–Crippen LogP) is 2.21. The van der Waals surface area contributed by atoms with Gasteiger partial charge in [-0.2, -0.15) is 5.26 Å². The molecule has 0 saturated heterocycles. The van der Waals surface area contributed by atoms with Crippen LogP contribution in [0.25, 0.3) is 0 Å². The highest BCUT2D eigenvalue weighted by Gasteiger charge is 2.13. The van der Waals surface area contributed by atoms with Gasteiger partial charge in [-0.05, 0) is 17.5 Å². The maximum absolute atomic E-state index is 8.84. The van der Waals surface area contributed by atoms with E-state index in [0.29, 0.717) is 11.5 Å². The van der Waals surface area contributed by atoms with E-state index in [1.807, 2.05) is 18.2 Å². The molecule has 1 aromatic carbocycles. The maximum atomic E-state index is 8.84. The molecule has 0 aliphatic heterocycles. The van der Waals surface area contributed by atoms with Gasteiger partial charge in [0.25, 0.3) is 0 Å². The van der Waals surface area contributed by atoms with Crippen LogP contribution in [-0.4, -0.2) is 0 Å². The second kappa shape index (κ2) is 4.06. The monoisotopic (exact) mass is 174 g/mol. The minimum atomic E-state index is -0.0455. The summed E-state index contributed by atoms with van der Waals surface area (Å²) in [6.07, 6.45) is 0. The van der Waals surface area contributed by atoms with Gasteiger partial charge in [-0.15, -0.1) is 0 Å². The van der Waals surface area contributed by atoms with E-state index in [4.69, 9.17) is 11.0 Å². The first-order chi connectivity index (χ1) is 6.16. The minimum Gasteiger partial charge on any atom is -0.324 e. The summed E-state index contributed by atoms with van der Waals surface area (Å²) in [4.78, 5) is 0. The van der Waals surface area contributed by atoms with Gasteiger partial charge in [-0.3, -0.25) is 0 Å². The van der Waals surface area contributed by atoms with E-state index >= 15 is 0 Å². The molecule has 0 bridgehead atoms. The third-order valence-electron chi connectivity index (χ3n) is 2.16. The van der Waals surface area contributed by atoms with Gasteiger partial charge in [0.05, 0.1) is 11.6 Å². The number of nitrogens with zero attached hydrogens (tertiary/aromatic N) is 1. The molecule has 1 rings (SSSR count). The lowest BCUT2D eigenvalue weighted by Crippen LogP contribution is -2.17. The van der Waals surface area contributed by atoms with Crippen LogP contribution in [0.5, 0.6) is 0 Å². The van der Waals surface area contributed by atoms with Gasteiger partial charge in [-0.1, -0.05) is 32.0 Å². The van der Waals surface area contributed by atoms with Gasteiger partial charge >= 0.3 is 0 Å². The standard InChI is InChI=1S/C11H14N2/c1-8(2)11(13)10-6-4-3-5-9(10)7-12/h3-6,8,11H,13H2,1-2H3/t11-/m1/s1. The van der Waals surface area contributed by atoms with E-state index in [9.17, 15) is 0 Å². The molecule has 13 heavy (non-hydrogen) atoms. The van der Waals surface area contributed by atoms with Crippen molar-refractivity contribution in [3.63, 3.8) is 0 Å². The number of benzene rings is 1. The quantitative estimate of drug-likeness (QED) is 0.747. The Balaban J connectivity index is 3.07. The molecule has 0 unspecified atom stereocenters. The van der Waals surface area contributed by atoms with Crippen molar-refractivity contribution >= 4 is 0 Å². The second-order valence-electron chi connectivity index (χ2n) is 3.47. The van der Waals surface area contributed by atoms with Crippen molar-refractivity contribution in [2.45, 2.75) is 19.9 Å². The first-order valence-electron chi connectivity index (χ1n) is 4.41. The lowest BCUT2D eigenvalue weighted by molar-refractivity contribution is 0.513. The molecule has 0 fully saturated rings. The Kier molecular flexibility index (Phi) is 3.05. The molecule has 0 saturated carbocycles. The Morgan fingerprint density at radius 1 is 1.31 bits per heavy atom. The fourth-order valence-electron chi connectivity index (χ4n) is 1.25. The summed E-state index contributed by atoms with van der Waals surface area (Å²) >= 11 is 0. The van der Waals surface area contributed by atoms with E-state index in [2.05, 4.69) is 19.9 Å². The van der Waals surface area contributed by atoms with E-state index in [1.54, 1.807) is 6.07 Å². The molecule has 1 atom stereocenters. The molecule has 0 spiro atoms. The normalized spacial score (nSPS) is 12.5. The van der Waals surface area contributed by atoms with Crippen LogP contribution < -0.4 is 5.73 Å². The van der Waals surface area contributed by atoms with E-state index in [-0.39, 0.29) is 6.04 Å². The summed E-state index contributed by atoms with van der Waals surface area (Å²) in [5.74, 6) is 0.356. The topological polar surface area (TPSA) is 49.8 Å². The van der Waals surface area contributed by atoms with Crippen molar-refractivity contribution in [2.24, 2.45) is 11.7 Å². The fraction of sp³-hybridized carbons (Fsp3) is 0.364. The number of rotatable bonds is 2. The average molecular weight is 174 g/mol. The van der Waals surface area contributed by atoms with Gasteiger partial charge < -0.3 is 5.73 Å². The number of hydrogen-bond acceptors (Lipinski definition) is 2. The van der Waals surface area contributed by atoms with Crippen LogP contribution in [0, 0.1) is 17.2 Å². The van der Waals surface area contributed by atoms with Crippen molar-refractivity contribution in [3.05, 3.63) is 35.4 Å². The smallest absolute Gasteiger partial charge is 0.0995 e. The van der Waals surface area contributed by atoms with Crippen LogP contribution in [-0.2, 0) is 0 Å². The van der Waals surface area contributed by atoms with Crippen LogP contribution in [0.1, 0.15) is 31.0 Å². The molecule has 2 N–H and O–H groups in total. The van der Waals surface area contributed by atoms with Crippen molar-refractivity contribution in [2.75, 3.05) is 0 Å². The zero-order chi connectivity index (χ0) is 9.84. The SMILES string of the molecule is CC(C)[C@@H](N)c1ccccc1C#N. The van der Waals surface area contributed by atoms with Crippen LogP contribution in [0.2, 0.25) is 0 Å². The highest BCUT2D eigenvalue weighted by molar-refractivity contribution is 5.39. The number of nitriles is 1. The Hall–Kier alpha value is -1.33. The van der Waals surface area contributed by atoms with Crippen LogP contribution >= 0.6 is 0 Å². The second-order valence-corrected chi connectivity index (χ2v) is 3.47. The highest BCUT2D eigenvalue weighted by Crippen LogP contribution is 2.21. The minimum absolute atomic E-state index is 0.0455. The van der Waals surface area contributed by atoms with Crippen LogP contribution in [0.3, 0.4) is 0 Å². The molecule has 0 heterocycles. The summed E-state index contributed by atoms with van der Waals surface area (Å²) in [6.45, 7) is 4.11. The van der Waals surface area contributed by atoms with Gasteiger partial charge in [0.2, 0.25) is 0 Å². The summed E-state index contributed by atoms with van der Waals surface area (Å²) < 4.78 is 0. The molecule has 68 valence electrons. The largest absolute Gasteiger partial charge is 0.324 e. The highest BCUT2D eigenvalue weighted by atomic mass is 14.6. The predicted molar refractivity (Wildman–Crippen MR) is 52.9 cm³/mol. The molecule has 0 aromatic heterocycles. The molecular weight excluding hydrogens is 160 g/mol. The fourth-order valence-corrected chi connectivity index (χ4v) is 1.25. The molecule has 0 radical (unpaired) electrons. The summed E-state index contributed by atoms with van der Waals surface area (Å²) in [5.41, 5.74) is 7.59.